The van der Waals surface area contributed by atoms with Crippen molar-refractivity contribution >= 4 is 0 Å². The first-order valence-corrected chi connectivity index (χ1v) is 2.15. The van der Waals surface area contributed by atoms with Crippen LogP contribution >= 0.6 is 0 Å². The molecule has 0 heterocycles. The summed E-state index contributed by atoms with van der Waals surface area (Å²) in [6, 6.07) is 0.259. The van der Waals surface area contributed by atoms with Gasteiger partial charge in [-0.3, -0.25) is 0 Å². The maximum Gasteiger partial charge on any atom is 2.00 e. The van der Waals surface area contributed by atoms with Crippen molar-refractivity contribution in [1.29, 1.82) is 0 Å². The van der Waals surface area contributed by atoms with Gasteiger partial charge in [-0.1, -0.05) is 0 Å². The van der Waals surface area contributed by atoms with Crippen LogP contribution in [0.2, 0.25) is 0 Å². The monoisotopic (exact) mass is 222 g/mol. The SMILES string of the molecule is CC(N)C(C)N.[Cl-].[Cl-].[Zn+2]. The first kappa shape index (κ1) is 22.5. The molecular weight excluding hydrogens is 212 g/mol. The van der Waals surface area contributed by atoms with Gasteiger partial charge in [0.1, 0.15) is 0 Å². The fourth-order valence-electron chi connectivity index (χ4n) is 0. The normalized spacial score (nSPS) is 13.3. The second-order valence-corrected chi connectivity index (χ2v) is 1.72. The van der Waals surface area contributed by atoms with Crippen molar-refractivity contribution < 1.29 is 44.3 Å². The molecule has 0 saturated carbocycles. The van der Waals surface area contributed by atoms with Gasteiger partial charge < -0.3 is 36.3 Å². The van der Waals surface area contributed by atoms with Crippen LogP contribution in [0.25, 0.3) is 0 Å². The van der Waals surface area contributed by atoms with Crippen molar-refractivity contribution in [1.82, 2.24) is 0 Å². The van der Waals surface area contributed by atoms with Crippen LogP contribution in [0.1, 0.15) is 13.8 Å². The van der Waals surface area contributed by atoms with Gasteiger partial charge in [-0.2, -0.15) is 0 Å². The Labute approximate surface area is 81.7 Å². The summed E-state index contributed by atoms with van der Waals surface area (Å²) in [6.07, 6.45) is 0. The van der Waals surface area contributed by atoms with E-state index in [0.29, 0.717) is 0 Å². The minimum Gasteiger partial charge on any atom is -1.00 e. The van der Waals surface area contributed by atoms with Gasteiger partial charge >= 0.3 is 19.5 Å². The van der Waals surface area contributed by atoms with Crippen molar-refractivity contribution in [3.63, 3.8) is 0 Å². The second-order valence-electron chi connectivity index (χ2n) is 1.72. The molecule has 54 valence electrons. The molecule has 5 heteroatoms. The zero-order valence-corrected chi connectivity index (χ0v) is 10.3. The van der Waals surface area contributed by atoms with E-state index in [2.05, 4.69) is 0 Å². The molecule has 9 heavy (non-hydrogen) atoms. The Balaban J connectivity index is -0.0000000417. The predicted octanol–water partition coefficient (Wildman–Crippen LogP) is -6.31. The van der Waals surface area contributed by atoms with E-state index in [9.17, 15) is 0 Å². The molecule has 0 aromatic rings. The van der Waals surface area contributed by atoms with Crippen molar-refractivity contribution in [2.24, 2.45) is 11.5 Å². The molecule has 0 aliphatic rings. The molecule has 0 bridgehead atoms. The Bertz CT molecular complexity index is 37.5. The Morgan fingerprint density at radius 2 is 1.00 bits per heavy atom. The molecule has 2 nitrogen and oxygen atoms in total. The summed E-state index contributed by atoms with van der Waals surface area (Å²) in [7, 11) is 0. The van der Waals surface area contributed by atoms with Crippen LogP contribution in [0.3, 0.4) is 0 Å². The van der Waals surface area contributed by atoms with Crippen LogP contribution in [0.5, 0.6) is 0 Å². The largest absolute Gasteiger partial charge is 2.00 e. The Kier molecular flexibility index (Phi) is 29.6. The Morgan fingerprint density at radius 1 is 0.889 bits per heavy atom. The summed E-state index contributed by atoms with van der Waals surface area (Å²) in [5.74, 6) is 0. The summed E-state index contributed by atoms with van der Waals surface area (Å²) >= 11 is 0. The molecule has 4 N–H and O–H groups in total. The van der Waals surface area contributed by atoms with E-state index < -0.39 is 0 Å². The third-order valence-corrected chi connectivity index (χ3v) is 0.829. The molecule has 0 saturated heterocycles. The van der Waals surface area contributed by atoms with Gasteiger partial charge in [0.15, 0.2) is 0 Å². The van der Waals surface area contributed by atoms with Crippen LogP contribution in [0, 0.1) is 0 Å². The van der Waals surface area contributed by atoms with Crippen LogP contribution in [-0.4, -0.2) is 12.1 Å². The molecule has 0 rings (SSSR count). The summed E-state index contributed by atoms with van der Waals surface area (Å²) in [5, 5.41) is 0. The number of hydrogen-bond donors (Lipinski definition) is 2. The molecule has 0 aliphatic heterocycles. The van der Waals surface area contributed by atoms with Gasteiger partial charge in [0.2, 0.25) is 0 Å². The molecule has 2 atom stereocenters. The zero-order valence-electron chi connectivity index (χ0n) is 5.77. The molecule has 0 fully saturated rings. The Hall–Kier alpha value is 1.12. The van der Waals surface area contributed by atoms with E-state index in [0.717, 1.165) is 0 Å². The van der Waals surface area contributed by atoms with Crippen LogP contribution < -0.4 is 36.3 Å². The van der Waals surface area contributed by atoms with E-state index in [1.807, 2.05) is 13.8 Å². The van der Waals surface area contributed by atoms with Gasteiger partial charge in [-0.05, 0) is 13.8 Å². The molecule has 0 spiro atoms. The van der Waals surface area contributed by atoms with Crippen molar-refractivity contribution in [2.45, 2.75) is 25.9 Å². The van der Waals surface area contributed by atoms with Gasteiger partial charge in [0, 0.05) is 12.1 Å². The van der Waals surface area contributed by atoms with Gasteiger partial charge in [-0.15, -0.1) is 0 Å². The fraction of sp³-hybridized carbons (Fsp3) is 1.00. The smallest absolute Gasteiger partial charge is 1.00 e. The summed E-state index contributed by atoms with van der Waals surface area (Å²) < 4.78 is 0. The summed E-state index contributed by atoms with van der Waals surface area (Å²) in [6.45, 7) is 3.79. The van der Waals surface area contributed by atoms with Crippen molar-refractivity contribution in [2.75, 3.05) is 0 Å². The van der Waals surface area contributed by atoms with Gasteiger partial charge in [0.25, 0.3) is 0 Å². The zero-order chi connectivity index (χ0) is 5.15. The van der Waals surface area contributed by atoms with Crippen LogP contribution in [-0.2, 0) is 19.5 Å². The molecule has 2 unspecified atom stereocenters. The van der Waals surface area contributed by atoms with Gasteiger partial charge in [0.05, 0.1) is 0 Å². The van der Waals surface area contributed by atoms with E-state index in [4.69, 9.17) is 11.5 Å². The summed E-state index contributed by atoms with van der Waals surface area (Å²) in [5.41, 5.74) is 10.6. The first-order chi connectivity index (χ1) is 2.64. The number of halogens is 2. The molecular formula is C4H12Cl2N2Zn. The van der Waals surface area contributed by atoms with E-state index in [-0.39, 0.29) is 56.4 Å². The predicted molar refractivity (Wildman–Crippen MR) is 27.3 cm³/mol. The second kappa shape index (κ2) is 11.9. The number of nitrogens with two attached hydrogens (primary N) is 2. The average molecular weight is 224 g/mol. The summed E-state index contributed by atoms with van der Waals surface area (Å²) in [4.78, 5) is 0. The topological polar surface area (TPSA) is 52.0 Å². The van der Waals surface area contributed by atoms with Crippen molar-refractivity contribution in [3.8, 4) is 0 Å². The molecule has 0 aliphatic carbocycles. The minimum atomic E-state index is 0. The van der Waals surface area contributed by atoms with Crippen molar-refractivity contribution in [3.05, 3.63) is 0 Å². The maximum absolute atomic E-state index is 5.31. The van der Waals surface area contributed by atoms with Crippen LogP contribution in [0.4, 0.5) is 0 Å². The molecule has 0 radical (unpaired) electrons. The van der Waals surface area contributed by atoms with Crippen LogP contribution in [0.15, 0.2) is 0 Å². The molecule has 0 amide bonds. The molecule has 0 aromatic heterocycles. The number of rotatable bonds is 1. The third-order valence-electron chi connectivity index (χ3n) is 0.829. The van der Waals surface area contributed by atoms with E-state index in [1.54, 1.807) is 0 Å². The minimum absolute atomic E-state index is 0. The van der Waals surface area contributed by atoms with E-state index in [1.165, 1.54) is 0 Å². The first-order valence-electron chi connectivity index (χ1n) is 2.15. The van der Waals surface area contributed by atoms with Gasteiger partial charge in [-0.25, -0.2) is 0 Å². The average Bonchev–Trinajstić information content (AvgIpc) is 1.36. The third kappa shape index (κ3) is 17.6. The number of hydrogen-bond acceptors (Lipinski definition) is 2. The Morgan fingerprint density at radius 3 is 1.00 bits per heavy atom. The standard InChI is InChI=1S/C4H12N2.2ClH.Zn/c1-3(5)4(2)6;;;/h3-4H,5-6H2,1-2H3;2*1H;/q;;;+2/p-2. The van der Waals surface area contributed by atoms with E-state index >= 15 is 0 Å². The maximum atomic E-state index is 5.31. The quantitative estimate of drug-likeness (QED) is 0.436. The molecule has 0 aromatic carbocycles. The fourth-order valence-corrected chi connectivity index (χ4v) is 0.